The molecule has 3 heterocycles. The number of hydrogen-bond acceptors (Lipinski definition) is 7. The molecule has 0 saturated carbocycles. The van der Waals surface area contributed by atoms with Crippen LogP contribution < -0.4 is 0 Å². The van der Waals surface area contributed by atoms with Crippen LogP contribution in [0.1, 0.15) is 33.3 Å². The number of rotatable bonds is 3. The van der Waals surface area contributed by atoms with Crippen molar-refractivity contribution >= 4 is 51.3 Å². The largest absolute Gasteiger partial charge is 0.297 e. The maximum Gasteiger partial charge on any atom is 0.186 e. The molecular formula is C14H13N3OS3. The van der Waals surface area contributed by atoms with E-state index < -0.39 is 5.92 Å². The van der Waals surface area contributed by atoms with E-state index >= 15 is 0 Å². The first-order valence-corrected chi connectivity index (χ1v) is 9.00. The smallest absolute Gasteiger partial charge is 0.186 e. The van der Waals surface area contributed by atoms with Crippen LogP contribution in [0.25, 0.3) is 6.08 Å². The molecule has 2 aromatic rings. The van der Waals surface area contributed by atoms with Crippen LogP contribution in [0.4, 0.5) is 0 Å². The highest BCUT2D eigenvalue weighted by atomic mass is 32.2. The van der Waals surface area contributed by atoms with Crippen LogP contribution in [-0.4, -0.2) is 21.0 Å². The van der Waals surface area contributed by atoms with Gasteiger partial charge < -0.3 is 0 Å². The van der Waals surface area contributed by atoms with Gasteiger partial charge in [0.15, 0.2) is 5.78 Å². The minimum atomic E-state index is -0.556. The van der Waals surface area contributed by atoms with E-state index in [2.05, 4.69) is 10.2 Å². The number of Topliss-reactive ketones (excluding diaryl/α,β-unsaturated/α-hetero) is 1. The van der Waals surface area contributed by atoms with Gasteiger partial charge in [0, 0.05) is 4.88 Å². The van der Waals surface area contributed by atoms with Crippen molar-refractivity contribution in [2.45, 2.75) is 26.2 Å². The maximum atomic E-state index is 12.6. The fourth-order valence-corrected chi connectivity index (χ4v) is 4.86. The van der Waals surface area contributed by atoms with Gasteiger partial charge >= 0.3 is 0 Å². The van der Waals surface area contributed by atoms with Crippen LogP contribution in [0, 0.1) is 12.3 Å². The maximum absolute atomic E-state index is 12.6. The summed E-state index contributed by atoms with van der Waals surface area (Å²) in [5, 5.41) is 20.1. The molecule has 4 nitrogen and oxygen atoms in total. The van der Waals surface area contributed by atoms with Gasteiger partial charge in [-0.05, 0) is 36.4 Å². The van der Waals surface area contributed by atoms with Gasteiger partial charge in [-0.3, -0.25) is 10.2 Å². The Morgan fingerprint density at radius 2 is 2.24 bits per heavy atom. The van der Waals surface area contributed by atoms with Crippen molar-refractivity contribution in [1.29, 1.82) is 5.41 Å². The first-order chi connectivity index (χ1) is 10.1. The highest BCUT2D eigenvalue weighted by Crippen LogP contribution is 2.42. The molecule has 108 valence electrons. The minimum absolute atomic E-state index is 0.0309. The zero-order chi connectivity index (χ0) is 15.0. The molecule has 0 amide bonds. The van der Waals surface area contributed by atoms with Gasteiger partial charge in [-0.25, -0.2) is 0 Å². The molecule has 21 heavy (non-hydrogen) atoms. The van der Waals surface area contributed by atoms with Crippen LogP contribution in [-0.2, 0) is 11.2 Å². The third-order valence-electron chi connectivity index (χ3n) is 3.18. The molecule has 1 fully saturated rings. The summed E-state index contributed by atoms with van der Waals surface area (Å²) in [5.74, 6) is -0.587. The molecule has 0 aliphatic carbocycles. The Kier molecular flexibility index (Phi) is 4.05. The summed E-state index contributed by atoms with van der Waals surface area (Å²) in [5.41, 5.74) is 1.15. The second-order valence-corrected chi connectivity index (χ2v) is 7.75. The van der Waals surface area contributed by atoms with E-state index in [0.717, 1.165) is 21.9 Å². The fourth-order valence-electron chi connectivity index (χ4n) is 1.99. The van der Waals surface area contributed by atoms with Gasteiger partial charge in [0.1, 0.15) is 15.9 Å². The predicted octanol–water partition coefficient (Wildman–Crippen LogP) is 3.89. The summed E-state index contributed by atoms with van der Waals surface area (Å²) in [6, 6.07) is 2.03. The van der Waals surface area contributed by atoms with Gasteiger partial charge in [0.2, 0.25) is 0 Å². The standard InChI is InChI=1S/C14H13N3OS3/c1-3-10-16-17-14(21-10)11-12(18)9(20-13(11)15)6-8-7(2)4-5-19-8/h4-6,11,15H,3H2,1-2H3/b9-6-,15-13?/t11-/m1/s1. The third-order valence-corrected chi connectivity index (χ3v) is 6.28. The number of aromatic nitrogens is 2. The summed E-state index contributed by atoms with van der Waals surface area (Å²) in [4.78, 5) is 14.3. The number of allylic oxidation sites excluding steroid dienone is 1. The van der Waals surface area contributed by atoms with Gasteiger partial charge in [-0.2, -0.15) is 0 Å². The lowest BCUT2D eigenvalue weighted by molar-refractivity contribution is -0.114. The van der Waals surface area contributed by atoms with E-state index in [0.29, 0.717) is 15.0 Å². The average molecular weight is 335 g/mol. The average Bonchev–Trinajstić information content (AvgIpc) is 3.13. The van der Waals surface area contributed by atoms with E-state index in [-0.39, 0.29) is 5.78 Å². The SMILES string of the molecule is CCc1nnc([C@H]2C(=N)S/C(=C\c3sccc3C)C2=O)s1. The Labute approximate surface area is 134 Å². The van der Waals surface area contributed by atoms with E-state index in [4.69, 9.17) is 5.41 Å². The summed E-state index contributed by atoms with van der Waals surface area (Å²) in [7, 11) is 0. The zero-order valence-corrected chi connectivity index (χ0v) is 14.0. The molecular weight excluding hydrogens is 322 g/mol. The normalized spacial score (nSPS) is 20.7. The number of nitrogens with zero attached hydrogens (tertiary/aromatic N) is 2. The number of carbonyl (C=O) groups excluding carboxylic acids is 1. The number of ketones is 1. The van der Waals surface area contributed by atoms with E-state index in [1.165, 1.54) is 23.1 Å². The van der Waals surface area contributed by atoms with Crippen molar-refractivity contribution in [2.75, 3.05) is 0 Å². The molecule has 1 aliphatic heterocycles. The number of thiophene rings is 1. The molecule has 2 aromatic heterocycles. The molecule has 1 atom stereocenters. The summed E-state index contributed by atoms with van der Waals surface area (Å²) < 4.78 is 0. The Morgan fingerprint density at radius 3 is 2.86 bits per heavy atom. The number of aryl methyl sites for hydroxylation is 2. The van der Waals surface area contributed by atoms with Crippen LogP contribution in [0.2, 0.25) is 0 Å². The Morgan fingerprint density at radius 1 is 1.43 bits per heavy atom. The number of hydrogen-bond donors (Lipinski definition) is 1. The molecule has 0 radical (unpaired) electrons. The molecule has 1 N–H and O–H groups in total. The summed E-state index contributed by atoms with van der Waals surface area (Å²) >= 11 is 4.28. The van der Waals surface area contributed by atoms with Crippen molar-refractivity contribution in [3.63, 3.8) is 0 Å². The Bertz CT molecular complexity index is 744. The van der Waals surface area contributed by atoms with Gasteiger partial charge in [0.05, 0.1) is 9.95 Å². The monoisotopic (exact) mass is 335 g/mol. The van der Waals surface area contributed by atoms with Crippen LogP contribution in [0.15, 0.2) is 16.4 Å². The predicted molar refractivity (Wildman–Crippen MR) is 89.4 cm³/mol. The van der Waals surface area contributed by atoms with E-state index in [1.54, 1.807) is 11.3 Å². The number of nitrogens with one attached hydrogen (secondary N) is 1. The lowest BCUT2D eigenvalue weighted by Gasteiger charge is -2.00. The minimum Gasteiger partial charge on any atom is -0.297 e. The van der Waals surface area contributed by atoms with Crippen molar-refractivity contribution < 1.29 is 4.79 Å². The lowest BCUT2D eigenvalue weighted by atomic mass is 10.1. The van der Waals surface area contributed by atoms with Gasteiger partial charge in [0.25, 0.3) is 0 Å². The first-order valence-electron chi connectivity index (χ1n) is 6.48. The lowest BCUT2D eigenvalue weighted by Crippen LogP contribution is -2.11. The molecule has 1 saturated heterocycles. The van der Waals surface area contributed by atoms with Gasteiger partial charge in [-0.15, -0.1) is 32.9 Å². The fraction of sp³-hybridized carbons (Fsp3) is 0.286. The molecule has 0 spiro atoms. The first kappa shape index (κ1) is 14.6. The van der Waals surface area contributed by atoms with Crippen molar-refractivity contribution in [3.05, 3.63) is 36.8 Å². The van der Waals surface area contributed by atoms with E-state index in [1.807, 2.05) is 31.4 Å². The highest BCUT2D eigenvalue weighted by Gasteiger charge is 2.39. The second-order valence-electron chi connectivity index (χ2n) is 4.63. The summed E-state index contributed by atoms with van der Waals surface area (Å²) in [6.45, 7) is 4.03. The highest BCUT2D eigenvalue weighted by molar-refractivity contribution is 8.19. The van der Waals surface area contributed by atoms with Crippen LogP contribution in [0.3, 0.4) is 0 Å². The van der Waals surface area contributed by atoms with Crippen LogP contribution >= 0.6 is 34.4 Å². The molecule has 1 aliphatic rings. The Balaban J connectivity index is 1.92. The zero-order valence-electron chi connectivity index (χ0n) is 11.5. The van der Waals surface area contributed by atoms with E-state index in [9.17, 15) is 4.79 Å². The molecule has 0 unspecified atom stereocenters. The topological polar surface area (TPSA) is 66.7 Å². The number of thioether (sulfide) groups is 1. The molecule has 0 bridgehead atoms. The van der Waals surface area contributed by atoms with Gasteiger partial charge in [-0.1, -0.05) is 18.7 Å². The quantitative estimate of drug-likeness (QED) is 0.864. The molecule has 0 aromatic carbocycles. The number of carbonyl (C=O) groups is 1. The molecule has 3 rings (SSSR count). The second kappa shape index (κ2) is 5.82. The third kappa shape index (κ3) is 2.73. The Hall–Kier alpha value is -1.31. The van der Waals surface area contributed by atoms with Crippen LogP contribution in [0.5, 0.6) is 0 Å². The summed E-state index contributed by atoms with van der Waals surface area (Å²) in [6.07, 6.45) is 2.69. The van der Waals surface area contributed by atoms with Crippen molar-refractivity contribution in [1.82, 2.24) is 10.2 Å². The van der Waals surface area contributed by atoms with Crippen molar-refractivity contribution in [2.24, 2.45) is 0 Å². The molecule has 7 heteroatoms. The van der Waals surface area contributed by atoms with Crippen molar-refractivity contribution in [3.8, 4) is 0 Å².